The fourth-order valence-electron chi connectivity index (χ4n) is 7.43. The van der Waals surface area contributed by atoms with E-state index >= 15 is 0 Å². The lowest BCUT2D eigenvalue weighted by Gasteiger charge is -2.20. The number of ketones is 1. The highest BCUT2D eigenvalue weighted by Crippen LogP contribution is 2.19. The summed E-state index contributed by atoms with van der Waals surface area (Å²) in [7, 11) is 0. The van der Waals surface area contributed by atoms with Crippen molar-refractivity contribution in [3.8, 4) is 0 Å². The van der Waals surface area contributed by atoms with Gasteiger partial charge in [0.05, 0.1) is 12.0 Å². The van der Waals surface area contributed by atoms with E-state index in [-0.39, 0.29) is 69.2 Å². The summed E-state index contributed by atoms with van der Waals surface area (Å²) in [5.41, 5.74) is 1.22. The van der Waals surface area contributed by atoms with Gasteiger partial charge in [-0.15, -0.1) is 0 Å². The smallest absolute Gasteiger partial charge is 0.326 e. The molecule has 24 heteroatoms. The lowest BCUT2D eigenvalue weighted by atomic mass is 9.92. The molecular formula is C50H56FN7O16. The van der Waals surface area contributed by atoms with Gasteiger partial charge in [-0.2, -0.15) is 4.39 Å². The second-order valence-electron chi connectivity index (χ2n) is 17.1. The molecule has 0 aliphatic heterocycles. The molecule has 0 fully saturated rings. The number of carboxylic acids is 5. The predicted octanol–water partition coefficient (Wildman–Crippen LogP) is 2.79. The van der Waals surface area contributed by atoms with Crippen LogP contribution in [0.15, 0.2) is 85.1 Å². The molecule has 0 spiro atoms. The van der Waals surface area contributed by atoms with E-state index in [1.165, 1.54) is 18.2 Å². The maximum atomic E-state index is 13.6. The van der Waals surface area contributed by atoms with Crippen LogP contribution in [-0.2, 0) is 51.3 Å². The fraction of sp³-hybridized carbons (Fsp3) is 0.360. The van der Waals surface area contributed by atoms with Crippen LogP contribution in [0.2, 0.25) is 0 Å². The van der Waals surface area contributed by atoms with Gasteiger partial charge >= 0.3 is 35.9 Å². The third-order valence-corrected chi connectivity index (χ3v) is 11.5. The molecule has 4 rings (SSSR count). The summed E-state index contributed by atoms with van der Waals surface area (Å²) in [4.78, 5) is 139. The van der Waals surface area contributed by atoms with Crippen molar-refractivity contribution in [2.45, 2.75) is 101 Å². The molecule has 6 amide bonds. The second-order valence-corrected chi connectivity index (χ2v) is 17.1. The number of hydrogen-bond acceptors (Lipinski definition) is 12. The van der Waals surface area contributed by atoms with E-state index < -0.39 is 127 Å². The molecule has 4 aromatic rings. The van der Waals surface area contributed by atoms with Crippen LogP contribution in [0.1, 0.15) is 96.1 Å². The average Bonchev–Trinajstić information content (AvgIpc) is 3.35. The number of hydrogen-bond donors (Lipinski definition) is 11. The zero-order chi connectivity index (χ0) is 54.3. The number of carbonyl (C=O) groups is 11. The molecule has 0 aliphatic carbocycles. The van der Waals surface area contributed by atoms with Crippen LogP contribution in [0, 0.1) is 11.9 Å². The highest BCUT2D eigenvalue weighted by Gasteiger charge is 2.30. The molecule has 394 valence electrons. The van der Waals surface area contributed by atoms with Gasteiger partial charge < -0.3 is 57.4 Å². The van der Waals surface area contributed by atoms with Crippen molar-refractivity contribution in [2.75, 3.05) is 6.54 Å². The quantitative estimate of drug-likeness (QED) is 0.0255. The van der Waals surface area contributed by atoms with Gasteiger partial charge in [0.25, 0.3) is 11.8 Å². The zero-order valence-electron chi connectivity index (χ0n) is 39.7. The molecular weight excluding hydrogens is 973 g/mol. The number of Topliss-reactive ketones (excluding diaryl/α,β-unsaturated/α-hetero) is 1. The molecule has 3 aromatic carbocycles. The van der Waals surface area contributed by atoms with Crippen molar-refractivity contribution in [2.24, 2.45) is 5.92 Å². The molecule has 0 bridgehead atoms. The molecule has 5 atom stereocenters. The molecule has 0 saturated carbocycles. The van der Waals surface area contributed by atoms with Crippen LogP contribution in [0.4, 0.5) is 9.18 Å². The van der Waals surface area contributed by atoms with Crippen molar-refractivity contribution >= 4 is 76.1 Å². The SMILES string of the molecule is O=C(O)CCC(NC(=O)NC(CCCCNC(=O)C(Cc1ccc2ccccc2c1)NC(=O)c1ccc(CNC(=O)CCC(CC(=O)C(CCC(=O)O)NC(=O)c2ccnc([18F])c2)C(=O)O)cc1)C(=O)O)C(=O)O. The number of benzene rings is 3. The van der Waals surface area contributed by atoms with Crippen LogP contribution < -0.4 is 31.9 Å². The molecule has 1 aromatic heterocycles. The molecule has 0 saturated heterocycles. The van der Waals surface area contributed by atoms with Crippen molar-refractivity contribution < 1.29 is 82.7 Å². The summed E-state index contributed by atoms with van der Waals surface area (Å²) < 4.78 is 13.6. The Morgan fingerprint density at radius 2 is 1.14 bits per heavy atom. The van der Waals surface area contributed by atoms with Crippen LogP contribution >= 0.6 is 0 Å². The number of nitrogens with zero attached hydrogens (tertiary/aromatic N) is 1. The van der Waals surface area contributed by atoms with Gasteiger partial charge in [-0.05, 0) is 78.6 Å². The maximum Gasteiger partial charge on any atom is 0.326 e. The van der Waals surface area contributed by atoms with Crippen LogP contribution in [-0.4, -0.2) is 127 Å². The van der Waals surface area contributed by atoms with Crippen molar-refractivity contribution in [3.63, 3.8) is 0 Å². The second kappa shape index (κ2) is 28.9. The molecule has 0 radical (unpaired) electrons. The highest BCUT2D eigenvalue weighted by molar-refractivity contribution is 5.99. The number of amides is 6. The first-order valence-corrected chi connectivity index (χ1v) is 23.2. The summed E-state index contributed by atoms with van der Waals surface area (Å²) >= 11 is 0. The van der Waals surface area contributed by atoms with E-state index in [0.717, 1.165) is 28.6 Å². The minimum Gasteiger partial charge on any atom is -0.481 e. The summed E-state index contributed by atoms with van der Waals surface area (Å²) in [5, 5.41) is 63.3. The largest absolute Gasteiger partial charge is 0.481 e. The fourth-order valence-corrected chi connectivity index (χ4v) is 7.43. The number of aliphatic carboxylic acids is 5. The lowest BCUT2D eigenvalue weighted by molar-refractivity contribution is -0.145. The number of pyridine rings is 1. The minimum atomic E-state index is -1.57. The Kier molecular flexibility index (Phi) is 22.5. The summed E-state index contributed by atoms with van der Waals surface area (Å²) in [6.07, 6.45) is -1.79. The first-order chi connectivity index (χ1) is 35.2. The van der Waals surface area contributed by atoms with E-state index in [1.54, 1.807) is 12.1 Å². The molecule has 74 heavy (non-hydrogen) atoms. The number of urea groups is 1. The van der Waals surface area contributed by atoms with Crippen molar-refractivity contribution in [3.05, 3.63) is 113 Å². The number of carbonyl (C=O) groups excluding carboxylic acids is 6. The molecule has 11 N–H and O–H groups in total. The van der Waals surface area contributed by atoms with Gasteiger partial charge in [-0.1, -0.05) is 54.6 Å². The first-order valence-electron chi connectivity index (χ1n) is 23.2. The Morgan fingerprint density at radius 1 is 0.541 bits per heavy atom. The Bertz CT molecular complexity index is 2700. The highest BCUT2D eigenvalue weighted by atomic mass is 18.2. The number of rotatable bonds is 31. The number of halogens is 1. The number of carboxylic acid groups (broad SMARTS) is 5. The van der Waals surface area contributed by atoms with E-state index in [2.05, 4.69) is 36.9 Å². The van der Waals surface area contributed by atoms with E-state index in [0.29, 0.717) is 5.56 Å². The average molecular weight is 1030 g/mol. The van der Waals surface area contributed by atoms with Crippen LogP contribution in [0.5, 0.6) is 0 Å². The predicted molar refractivity (Wildman–Crippen MR) is 258 cm³/mol. The molecule has 23 nitrogen and oxygen atoms in total. The minimum absolute atomic E-state index is 0.0413. The monoisotopic (exact) mass is 1030 g/mol. The van der Waals surface area contributed by atoms with Crippen LogP contribution in [0.25, 0.3) is 10.8 Å². The summed E-state index contributed by atoms with van der Waals surface area (Å²) in [5.74, 6) is -12.7. The molecule has 0 aliphatic rings. The Morgan fingerprint density at radius 3 is 1.76 bits per heavy atom. The topological polar surface area (TPSA) is 374 Å². The zero-order valence-corrected chi connectivity index (χ0v) is 39.7. The van der Waals surface area contributed by atoms with Gasteiger partial charge in [0.1, 0.15) is 18.1 Å². The molecule has 5 unspecified atom stereocenters. The van der Waals surface area contributed by atoms with Crippen LogP contribution in [0.3, 0.4) is 0 Å². The normalized spacial score (nSPS) is 12.9. The van der Waals surface area contributed by atoms with E-state index in [9.17, 15) is 72.4 Å². The summed E-state index contributed by atoms with van der Waals surface area (Å²) in [6, 6.07) is 14.4. The van der Waals surface area contributed by atoms with E-state index in [4.69, 9.17) is 10.2 Å². The first kappa shape index (κ1) is 57.7. The van der Waals surface area contributed by atoms with E-state index in [1.807, 2.05) is 42.5 Å². The lowest BCUT2D eigenvalue weighted by Crippen LogP contribution is -2.51. The Balaban J connectivity index is 1.31. The third kappa shape index (κ3) is 19.8. The van der Waals surface area contributed by atoms with Gasteiger partial charge in [0, 0.05) is 68.6 Å². The van der Waals surface area contributed by atoms with Gasteiger partial charge in [-0.25, -0.2) is 19.4 Å². The number of nitrogens with one attached hydrogen (secondary N) is 6. The van der Waals surface area contributed by atoms with Gasteiger partial charge in [0.2, 0.25) is 17.8 Å². The third-order valence-electron chi connectivity index (χ3n) is 11.5. The van der Waals surface area contributed by atoms with Crippen molar-refractivity contribution in [1.82, 2.24) is 36.9 Å². The van der Waals surface area contributed by atoms with Gasteiger partial charge in [-0.3, -0.25) is 38.4 Å². The molecule has 1 heterocycles. The number of fused-ring (bicyclic) bond motifs is 1. The standard InChI is InChI=1S/C50H56FN7O16/c51-40-26-33(20-22-52-40)45(66)55-35(15-18-42(61)62)39(59)25-34(47(68)69)14-17-41(60)54-27-28-8-12-31(13-9-28)44(65)56-38(24-29-10-11-30-5-1-2-6-32(30)23-29)46(67)53-21-4-3-7-36(48(70)71)57-50(74)58-37(49(72)73)16-19-43(63)64/h1-2,5-6,8-13,20,22-23,26,34-38H,3-4,7,14-19,21,24-25,27H2,(H,53,67)(H,54,60)(H,55,66)(H,56,65)(H,61,62)(H,63,64)(H,68,69)(H,70,71)(H,72,73)(H2,57,58,74)/i51-1. The Hall–Kier alpha value is -8.83. The van der Waals surface area contributed by atoms with Gasteiger partial charge in [0.15, 0.2) is 5.78 Å². The maximum absolute atomic E-state index is 13.6. The Labute approximate surface area is 421 Å². The number of unbranched alkanes of at least 4 members (excludes halogenated alkanes) is 1. The number of aromatic nitrogens is 1. The van der Waals surface area contributed by atoms with Crippen molar-refractivity contribution in [1.29, 1.82) is 0 Å². The summed E-state index contributed by atoms with van der Waals surface area (Å²) in [6.45, 7) is -0.000819.